The summed E-state index contributed by atoms with van der Waals surface area (Å²) in [7, 11) is 1.52. The molecule has 2 heterocycles. The molecule has 0 bridgehead atoms. The Balaban J connectivity index is 2.53. The minimum Gasteiger partial charge on any atom is -0.477 e. The zero-order valence-corrected chi connectivity index (χ0v) is 9.74. The van der Waals surface area contributed by atoms with Gasteiger partial charge in [-0.3, -0.25) is 0 Å². The van der Waals surface area contributed by atoms with Crippen LogP contribution >= 0.6 is 0 Å². The van der Waals surface area contributed by atoms with Crippen molar-refractivity contribution in [1.82, 2.24) is 20.0 Å². The molecule has 0 radical (unpaired) electrons. The van der Waals surface area contributed by atoms with Gasteiger partial charge in [-0.05, 0) is 12.0 Å². The van der Waals surface area contributed by atoms with Gasteiger partial charge in [-0.15, -0.1) is 0 Å². The number of aryl methyl sites for hydroxylation is 1. The monoisotopic (exact) mass is 259 g/mol. The molecular weight excluding hydrogens is 244 g/mol. The van der Waals surface area contributed by atoms with E-state index in [0.717, 1.165) is 0 Å². The summed E-state index contributed by atoms with van der Waals surface area (Å²) < 4.78 is 1.32. The van der Waals surface area contributed by atoms with E-state index in [2.05, 4.69) is 5.53 Å². The van der Waals surface area contributed by atoms with Gasteiger partial charge in [0.15, 0.2) is 0 Å². The highest BCUT2D eigenvalue weighted by Crippen LogP contribution is 2.30. The fraction of sp³-hybridized carbons (Fsp3) is 0.444. The number of hydrazine groups is 1. The zero-order valence-electron chi connectivity index (χ0n) is 9.74. The van der Waals surface area contributed by atoms with Gasteiger partial charge in [0.1, 0.15) is 12.4 Å². The minimum absolute atomic E-state index is 0.00260. The predicted molar refractivity (Wildman–Crippen MR) is 58.4 cm³/mol. The van der Waals surface area contributed by atoms with Gasteiger partial charge in [0.25, 0.3) is 0 Å². The first-order chi connectivity index (χ1) is 8.36. The van der Waals surface area contributed by atoms with Crippen LogP contribution in [0.25, 0.3) is 0 Å². The van der Waals surface area contributed by atoms with Gasteiger partial charge in [-0.25, -0.2) is 4.79 Å². The maximum Gasteiger partial charge on any atom is 0.353 e. The fourth-order valence-electron chi connectivity index (χ4n) is 2.11. The Bertz CT molecular complexity index is 484. The molecule has 0 spiro atoms. The van der Waals surface area contributed by atoms with Gasteiger partial charge in [0.2, 0.25) is 5.69 Å². The number of carbonyl (C=O) groups is 1. The molecule has 2 rings (SSSR count). The first-order valence-electron chi connectivity index (χ1n) is 5.27. The molecule has 0 saturated heterocycles. The topological polar surface area (TPSA) is 118 Å². The van der Waals surface area contributed by atoms with E-state index in [1.165, 1.54) is 22.8 Å². The van der Waals surface area contributed by atoms with Gasteiger partial charge >= 0.3 is 5.97 Å². The molecule has 1 aromatic heterocycles. The lowest BCUT2D eigenvalue weighted by Crippen LogP contribution is -2.61. The number of rotatable bonds is 2. The number of hydrogen-bond donors (Lipinski definition) is 5. The van der Waals surface area contributed by atoms with E-state index in [4.69, 9.17) is 10.2 Å². The lowest BCUT2D eigenvalue weighted by molar-refractivity contribution is -0.355. The van der Waals surface area contributed by atoms with Crippen LogP contribution in [0.15, 0.2) is 6.20 Å². The molecule has 0 aliphatic carbocycles. The molecule has 0 aromatic carbocycles. The second-order valence-electron chi connectivity index (χ2n) is 4.11. The average molecular weight is 259 g/mol. The predicted octanol–water partition coefficient (Wildman–Crippen LogP) is -0.963. The quantitative estimate of drug-likeness (QED) is 0.434. The third kappa shape index (κ3) is 1.99. The minimum atomic E-state index is -1.70. The molecule has 1 aliphatic rings. The smallest absolute Gasteiger partial charge is 0.353 e. The Morgan fingerprint density at radius 3 is 2.78 bits per heavy atom. The van der Waals surface area contributed by atoms with E-state index >= 15 is 0 Å². The number of aliphatic hydroxyl groups excluding tert-OH is 1. The molecule has 5 N–H and O–H groups in total. The van der Waals surface area contributed by atoms with Gasteiger partial charge in [0.05, 0.1) is 16.7 Å². The Hall–Kier alpha value is -1.49. The van der Waals surface area contributed by atoms with E-state index in [1.54, 1.807) is 0 Å². The number of carboxylic acid groups (broad SMARTS) is 1. The van der Waals surface area contributed by atoms with E-state index in [1.807, 2.05) is 0 Å². The van der Waals surface area contributed by atoms with E-state index in [9.17, 15) is 15.2 Å². The number of aromatic nitrogens is 1. The van der Waals surface area contributed by atoms with Crippen molar-refractivity contribution in [2.24, 2.45) is 7.05 Å². The fourth-order valence-corrected chi connectivity index (χ4v) is 2.11. The normalized spacial score (nSPS) is 19.3. The van der Waals surface area contributed by atoms with Crippen LogP contribution in [0.1, 0.15) is 16.1 Å². The second-order valence-corrected chi connectivity index (χ2v) is 4.11. The van der Waals surface area contributed by atoms with Crippen molar-refractivity contribution in [1.29, 1.82) is 0 Å². The van der Waals surface area contributed by atoms with Crippen LogP contribution in [-0.2, 0) is 13.5 Å². The van der Waals surface area contributed by atoms with Crippen molar-refractivity contribution in [3.05, 3.63) is 17.5 Å². The molecule has 0 fully saturated rings. The number of aliphatic hydroxyl groups is 1. The number of fused-ring (bicyclic) bond motifs is 1. The zero-order chi connectivity index (χ0) is 13.5. The summed E-state index contributed by atoms with van der Waals surface area (Å²) in [6.45, 7) is -0.186. The molecule has 0 saturated carbocycles. The highest BCUT2D eigenvalue weighted by Gasteiger charge is 2.40. The van der Waals surface area contributed by atoms with Crippen LogP contribution in [-0.4, -0.2) is 49.4 Å². The highest BCUT2D eigenvalue weighted by atomic mass is 16.9. The lowest BCUT2D eigenvalue weighted by atomic mass is 10.1. The Kier molecular flexibility index (Phi) is 3.11. The number of nitrogens with zero attached hydrogens (tertiary/aromatic N) is 3. The number of aromatic carboxylic acids is 1. The highest BCUT2D eigenvalue weighted by molar-refractivity contribution is 5.89. The summed E-state index contributed by atoms with van der Waals surface area (Å²) in [4.78, 5) is 9.46. The van der Waals surface area contributed by atoms with Crippen molar-refractivity contribution >= 4 is 11.7 Å². The van der Waals surface area contributed by atoms with E-state index in [0.29, 0.717) is 5.56 Å². The summed E-state index contributed by atoms with van der Waals surface area (Å²) in [5, 5.41) is 39.0. The summed E-state index contributed by atoms with van der Waals surface area (Å²) in [5.74, 6) is -1.14. The molecule has 0 atom stereocenters. The van der Waals surface area contributed by atoms with Crippen molar-refractivity contribution in [3.8, 4) is 0 Å². The Labute approximate surface area is 102 Å². The number of nitrogens with one attached hydrogen (secondary N) is 1. The Morgan fingerprint density at radius 1 is 1.56 bits per heavy atom. The average Bonchev–Trinajstić information content (AvgIpc) is 2.56. The lowest BCUT2D eigenvalue weighted by Gasteiger charge is -2.23. The molecule has 18 heavy (non-hydrogen) atoms. The van der Waals surface area contributed by atoms with Crippen LogP contribution in [0.2, 0.25) is 0 Å². The maximum absolute atomic E-state index is 11.2. The first kappa shape index (κ1) is 13.0. The molecule has 9 heteroatoms. The van der Waals surface area contributed by atoms with Crippen molar-refractivity contribution < 1.29 is 25.4 Å². The standard InChI is InChI=1S/C9H14N4O5/c1-11-4-7-6(8(11)9(15)16)2-3-12(5-14)10-13(7,17)18/h4,10,14,17-18H,2-3,5H2,1H3/p+1. The van der Waals surface area contributed by atoms with Crippen LogP contribution < -0.4 is 10.5 Å². The van der Waals surface area contributed by atoms with Crippen LogP contribution in [0.5, 0.6) is 0 Å². The molecule has 100 valence electrons. The van der Waals surface area contributed by atoms with E-state index < -0.39 is 17.6 Å². The maximum atomic E-state index is 11.2. The van der Waals surface area contributed by atoms with E-state index in [-0.39, 0.29) is 24.3 Å². The third-order valence-electron chi connectivity index (χ3n) is 2.89. The molecule has 1 aromatic rings. The largest absolute Gasteiger partial charge is 0.477 e. The van der Waals surface area contributed by atoms with Gasteiger partial charge in [-0.2, -0.15) is 15.4 Å². The second kappa shape index (κ2) is 4.31. The SMILES string of the molecule is Cn1cc2c(c1C(=O)O)CCN(CO)N[N+]2(O)O. The summed E-state index contributed by atoms with van der Waals surface area (Å²) in [6.07, 6.45) is 1.60. The van der Waals surface area contributed by atoms with Gasteiger partial charge < -0.3 is 14.8 Å². The summed E-state index contributed by atoms with van der Waals surface area (Å²) >= 11 is 0. The first-order valence-corrected chi connectivity index (χ1v) is 5.27. The van der Waals surface area contributed by atoms with Crippen LogP contribution in [0.3, 0.4) is 0 Å². The Morgan fingerprint density at radius 2 is 2.22 bits per heavy atom. The van der Waals surface area contributed by atoms with Crippen molar-refractivity contribution in [3.63, 3.8) is 0 Å². The number of carboxylic acids is 1. The van der Waals surface area contributed by atoms with Gasteiger partial charge in [0, 0.05) is 13.6 Å². The van der Waals surface area contributed by atoms with Crippen molar-refractivity contribution in [2.45, 2.75) is 6.42 Å². The number of quaternary nitrogens is 1. The summed E-state index contributed by atoms with van der Waals surface area (Å²) in [5.41, 5.74) is 2.60. The van der Waals surface area contributed by atoms with Gasteiger partial charge in [-0.1, -0.05) is 0 Å². The van der Waals surface area contributed by atoms with Crippen molar-refractivity contribution in [2.75, 3.05) is 13.3 Å². The van der Waals surface area contributed by atoms with Crippen LogP contribution in [0.4, 0.5) is 5.69 Å². The summed E-state index contributed by atoms with van der Waals surface area (Å²) in [6, 6.07) is 0. The molecule has 0 unspecified atom stereocenters. The molecule has 9 nitrogen and oxygen atoms in total. The number of hydrogen-bond acceptors (Lipinski definition) is 6. The molecule has 0 amide bonds. The molecule has 1 aliphatic heterocycles. The third-order valence-corrected chi connectivity index (χ3v) is 2.89. The van der Waals surface area contributed by atoms with Crippen LogP contribution in [0, 0.1) is 0 Å². The molecular formula is C9H15N4O5+.